The number of hydrogen-bond acceptors (Lipinski definition) is 5. The lowest BCUT2D eigenvalue weighted by molar-refractivity contribution is -0.113. The van der Waals surface area contributed by atoms with E-state index in [1.165, 1.54) is 17.8 Å². The minimum Gasteiger partial charge on any atom is -0.480 e. The van der Waals surface area contributed by atoms with Crippen LogP contribution in [0.2, 0.25) is 10.0 Å². The SMILES string of the molecule is CC(Oc1ccccc1F)c1nnc(SCC(=O)Nc2cccc(Cl)c2Cl)n1-c1ccccc1. The van der Waals surface area contributed by atoms with Gasteiger partial charge >= 0.3 is 0 Å². The molecule has 0 aliphatic rings. The van der Waals surface area contributed by atoms with Crippen LogP contribution in [0.4, 0.5) is 10.1 Å². The lowest BCUT2D eigenvalue weighted by Gasteiger charge is -2.17. The second kappa shape index (κ2) is 10.9. The lowest BCUT2D eigenvalue weighted by Crippen LogP contribution is -2.15. The zero-order valence-corrected chi connectivity index (χ0v) is 20.2. The van der Waals surface area contributed by atoms with Gasteiger partial charge in [0.1, 0.15) is 0 Å². The first kappa shape index (κ1) is 24.1. The molecule has 1 heterocycles. The van der Waals surface area contributed by atoms with E-state index < -0.39 is 11.9 Å². The first-order chi connectivity index (χ1) is 16.4. The second-order valence-corrected chi connectivity index (χ2v) is 8.87. The number of thioether (sulfide) groups is 1. The fourth-order valence-electron chi connectivity index (χ4n) is 3.16. The molecule has 0 saturated carbocycles. The van der Waals surface area contributed by atoms with Gasteiger partial charge in [0, 0.05) is 5.69 Å². The summed E-state index contributed by atoms with van der Waals surface area (Å²) < 4.78 is 21.7. The van der Waals surface area contributed by atoms with Crippen molar-refractivity contribution in [1.29, 1.82) is 0 Å². The third-order valence-electron chi connectivity index (χ3n) is 4.73. The molecule has 0 aliphatic carbocycles. The summed E-state index contributed by atoms with van der Waals surface area (Å²) in [5.74, 6) is -0.115. The van der Waals surface area contributed by atoms with Crippen molar-refractivity contribution in [3.05, 3.63) is 94.5 Å². The number of nitrogens with one attached hydrogen (secondary N) is 1. The Balaban J connectivity index is 1.55. The highest BCUT2D eigenvalue weighted by atomic mass is 35.5. The molecule has 1 atom stereocenters. The molecular formula is C24H19Cl2FN4O2S. The van der Waals surface area contributed by atoms with Crippen molar-refractivity contribution in [2.24, 2.45) is 0 Å². The molecule has 0 bridgehead atoms. The minimum atomic E-state index is -0.613. The van der Waals surface area contributed by atoms with Crippen molar-refractivity contribution < 1.29 is 13.9 Å². The average molecular weight is 517 g/mol. The first-order valence-electron chi connectivity index (χ1n) is 10.2. The third-order valence-corrected chi connectivity index (χ3v) is 6.48. The number of anilines is 1. The summed E-state index contributed by atoms with van der Waals surface area (Å²) in [5.41, 5.74) is 1.21. The van der Waals surface area contributed by atoms with Gasteiger partial charge in [0.2, 0.25) is 5.91 Å². The van der Waals surface area contributed by atoms with E-state index in [1.807, 2.05) is 30.3 Å². The smallest absolute Gasteiger partial charge is 0.234 e. The van der Waals surface area contributed by atoms with Crippen molar-refractivity contribution in [3.63, 3.8) is 0 Å². The maximum atomic E-state index is 14.1. The maximum Gasteiger partial charge on any atom is 0.234 e. The molecule has 3 aromatic carbocycles. The van der Waals surface area contributed by atoms with Gasteiger partial charge in [0.05, 0.1) is 21.5 Å². The van der Waals surface area contributed by atoms with E-state index in [9.17, 15) is 9.18 Å². The number of halogens is 3. The van der Waals surface area contributed by atoms with Crippen LogP contribution in [0.1, 0.15) is 18.9 Å². The molecule has 4 aromatic rings. The summed E-state index contributed by atoms with van der Waals surface area (Å²) in [5, 5.41) is 12.4. The van der Waals surface area contributed by atoms with Crippen LogP contribution in [-0.4, -0.2) is 26.4 Å². The number of rotatable bonds is 8. The molecule has 1 unspecified atom stereocenters. The van der Waals surface area contributed by atoms with Gasteiger partial charge in [-0.1, -0.05) is 71.4 Å². The van der Waals surface area contributed by atoms with Crippen LogP contribution >= 0.6 is 35.0 Å². The highest BCUT2D eigenvalue weighted by Gasteiger charge is 2.22. The van der Waals surface area contributed by atoms with Gasteiger partial charge in [-0.15, -0.1) is 10.2 Å². The largest absolute Gasteiger partial charge is 0.480 e. The number of carbonyl (C=O) groups excluding carboxylic acids is 1. The van der Waals surface area contributed by atoms with Crippen molar-refractivity contribution in [3.8, 4) is 11.4 Å². The zero-order valence-electron chi connectivity index (χ0n) is 17.9. The van der Waals surface area contributed by atoms with Gasteiger partial charge in [-0.3, -0.25) is 9.36 Å². The van der Waals surface area contributed by atoms with E-state index in [2.05, 4.69) is 15.5 Å². The predicted octanol–water partition coefficient (Wildman–Crippen LogP) is 6.58. The highest BCUT2D eigenvalue weighted by molar-refractivity contribution is 7.99. The van der Waals surface area contributed by atoms with E-state index in [-0.39, 0.29) is 22.4 Å². The van der Waals surface area contributed by atoms with Crippen molar-refractivity contribution in [2.45, 2.75) is 18.2 Å². The number of benzene rings is 3. The fraction of sp³-hybridized carbons (Fsp3) is 0.125. The summed E-state index contributed by atoms with van der Waals surface area (Å²) in [7, 11) is 0. The Hall–Kier alpha value is -3.07. The van der Waals surface area contributed by atoms with Crippen LogP contribution in [0, 0.1) is 5.82 Å². The molecule has 1 aromatic heterocycles. The topological polar surface area (TPSA) is 69.0 Å². The van der Waals surface area contributed by atoms with Gasteiger partial charge < -0.3 is 10.1 Å². The molecule has 0 fully saturated rings. The summed E-state index contributed by atoms with van der Waals surface area (Å²) in [6.07, 6.45) is -0.613. The molecule has 0 radical (unpaired) electrons. The minimum absolute atomic E-state index is 0.0519. The number of para-hydroxylation sites is 2. The Morgan fingerprint density at radius 2 is 1.79 bits per heavy atom. The lowest BCUT2D eigenvalue weighted by atomic mass is 10.3. The summed E-state index contributed by atoms with van der Waals surface area (Å²) in [4.78, 5) is 12.6. The van der Waals surface area contributed by atoms with Crippen LogP contribution in [0.25, 0.3) is 5.69 Å². The molecule has 0 spiro atoms. The highest BCUT2D eigenvalue weighted by Crippen LogP contribution is 2.31. The van der Waals surface area contributed by atoms with E-state index in [0.29, 0.717) is 21.7 Å². The van der Waals surface area contributed by atoms with Crippen molar-refractivity contribution in [2.75, 3.05) is 11.1 Å². The number of ether oxygens (including phenoxy) is 1. The van der Waals surface area contributed by atoms with Gasteiger partial charge in [0.25, 0.3) is 0 Å². The normalized spacial score (nSPS) is 11.8. The Bertz CT molecular complexity index is 1300. The first-order valence-corrected chi connectivity index (χ1v) is 12.0. The quantitative estimate of drug-likeness (QED) is 0.267. The maximum absolute atomic E-state index is 14.1. The Kier molecular flexibility index (Phi) is 7.72. The fourth-order valence-corrected chi connectivity index (χ4v) is 4.26. The standard InChI is InChI=1S/C24H19Cl2FN4O2S/c1-15(33-20-13-6-5-11-18(20)27)23-29-30-24(31(23)16-8-3-2-4-9-16)34-14-21(32)28-19-12-7-10-17(25)22(19)26/h2-13,15H,14H2,1H3,(H,28,32). The number of aromatic nitrogens is 3. The Morgan fingerprint density at radius 3 is 2.56 bits per heavy atom. The van der Waals surface area contributed by atoms with Crippen LogP contribution in [0.3, 0.4) is 0 Å². The van der Waals surface area contributed by atoms with Crippen LogP contribution in [-0.2, 0) is 4.79 Å². The van der Waals surface area contributed by atoms with Crippen LogP contribution < -0.4 is 10.1 Å². The Morgan fingerprint density at radius 1 is 1.06 bits per heavy atom. The number of hydrogen-bond donors (Lipinski definition) is 1. The predicted molar refractivity (Wildman–Crippen MR) is 133 cm³/mol. The number of nitrogens with zero attached hydrogens (tertiary/aromatic N) is 3. The average Bonchev–Trinajstić information content (AvgIpc) is 3.27. The van der Waals surface area contributed by atoms with Crippen LogP contribution in [0.5, 0.6) is 5.75 Å². The second-order valence-electron chi connectivity index (χ2n) is 7.14. The van der Waals surface area contributed by atoms with Crippen LogP contribution in [0.15, 0.2) is 78.0 Å². The zero-order chi connectivity index (χ0) is 24.1. The molecule has 0 saturated heterocycles. The van der Waals surface area contributed by atoms with E-state index in [1.54, 1.807) is 47.9 Å². The molecule has 4 rings (SSSR count). The Labute approximate surface area is 210 Å². The van der Waals surface area contributed by atoms with Crippen molar-refractivity contribution in [1.82, 2.24) is 14.8 Å². The van der Waals surface area contributed by atoms with Gasteiger partial charge in [-0.05, 0) is 43.3 Å². The van der Waals surface area contributed by atoms with Gasteiger partial charge in [-0.25, -0.2) is 4.39 Å². The third kappa shape index (κ3) is 5.52. The molecule has 10 heteroatoms. The van der Waals surface area contributed by atoms with E-state index in [0.717, 1.165) is 5.69 Å². The molecule has 34 heavy (non-hydrogen) atoms. The molecule has 1 N–H and O–H groups in total. The molecule has 6 nitrogen and oxygen atoms in total. The number of amides is 1. The van der Waals surface area contributed by atoms with Gasteiger partial charge in [0.15, 0.2) is 28.7 Å². The molecular weight excluding hydrogens is 498 g/mol. The molecule has 1 amide bonds. The summed E-state index contributed by atoms with van der Waals surface area (Å²) >= 11 is 13.4. The monoisotopic (exact) mass is 516 g/mol. The van der Waals surface area contributed by atoms with E-state index in [4.69, 9.17) is 27.9 Å². The molecule has 0 aliphatic heterocycles. The molecule has 174 valence electrons. The van der Waals surface area contributed by atoms with Crippen molar-refractivity contribution >= 4 is 46.6 Å². The summed E-state index contributed by atoms with van der Waals surface area (Å²) in [6.45, 7) is 1.76. The van der Waals surface area contributed by atoms with Gasteiger partial charge in [-0.2, -0.15) is 0 Å². The summed E-state index contributed by atoms with van der Waals surface area (Å²) in [6, 6.07) is 20.6. The van der Waals surface area contributed by atoms with E-state index >= 15 is 0 Å². The number of carbonyl (C=O) groups is 1.